The van der Waals surface area contributed by atoms with E-state index in [2.05, 4.69) is 40.3 Å². The largest absolute Gasteiger partial charge is 0.479 e. The Morgan fingerprint density at radius 3 is 2.44 bits per heavy atom. The first-order valence-electron chi connectivity index (χ1n) is 8.63. The van der Waals surface area contributed by atoms with Crippen LogP contribution in [0.3, 0.4) is 0 Å². The Labute approximate surface area is 158 Å². The van der Waals surface area contributed by atoms with E-state index in [1.807, 2.05) is 36.4 Å². The van der Waals surface area contributed by atoms with Gasteiger partial charge < -0.3 is 14.8 Å². The Hall–Kier alpha value is -3.12. The van der Waals surface area contributed by atoms with Crippen LogP contribution in [-0.2, 0) is 4.74 Å². The zero-order valence-corrected chi connectivity index (χ0v) is 15.6. The molecule has 0 saturated heterocycles. The average molecular weight is 377 g/mol. The van der Waals surface area contributed by atoms with Gasteiger partial charge in [-0.25, -0.2) is 4.98 Å². The molecule has 3 N–H and O–H groups in total. The van der Waals surface area contributed by atoms with Gasteiger partial charge in [-0.15, -0.1) is 0 Å². The van der Waals surface area contributed by atoms with Crippen LogP contribution in [0.4, 0.5) is 0 Å². The van der Waals surface area contributed by atoms with Crippen molar-refractivity contribution in [3.05, 3.63) is 82.4 Å². The number of nitrogens with zero attached hydrogens (tertiary/aromatic N) is 1. The first-order valence-corrected chi connectivity index (χ1v) is 9.86. The third-order valence-electron chi connectivity index (χ3n) is 4.16. The van der Waals surface area contributed by atoms with Crippen LogP contribution in [0.25, 0.3) is 12.0 Å². The molecule has 5 nitrogen and oxygen atoms in total. The number of hydrogen-bond donors (Lipinski definition) is 3. The number of fused-ring (bicyclic) bond motifs is 1. The van der Waals surface area contributed by atoms with Crippen LogP contribution in [-0.4, -0.2) is 26.5 Å². The molecule has 1 unspecified atom stereocenters. The zero-order chi connectivity index (χ0) is 18.8. The van der Waals surface area contributed by atoms with E-state index in [9.17, 15) is 5.11 Å². The third kappa shape index (κ3) is 3.19. The fraction of sp³-hybridized carbons (Fsp3) is 0.0952. The molecular weight excluding hydrogens is 358 g/mol. The number of ether oxygens (including phenoxy) is 1. The lowest BCUT2D eigenvalue weighted by Gasteiger charge is -2.10. The van der Waals surface area contributed by atoms with E-state index < -0.39 is 10.5 Å². The lowest BCUT2D eigenvalue weighted by atomic mass is 10.1. The number of benzene rings is 2. The van der Waals surface area contributed by atoms with E-state index in [-0.39, 0.29) is 16.8 Å². The molecule has 0 radical (unpaired) electrons. The molecule has 1 aliphatic rings. The number of aliphatic hydroxyl groups is 1. The monoisotopic (exact) mass is 377 g/mol. The molecule has 1 aromatic heterocycles. The number of H-pyrrole nitrogens is 1. The topological polar surface area (TPSA) is 82.0 Å². The summed E-state index contributed by atoms with van der Waals surface area (Å²) in [5.41, 5.74) is 1.08. The van der Waals surface area contributed by atoms with Crippen LogP contribution in [0.1, 0.15) is 12.5 Å². The van der Waals surface area contributed by atoms with E-state index in [0.29, 0.717) is 6.61 Å². The van der Waals surface area contributed by atoms with Crippen LogP contribution in [0, 0.1) is 5.41 Å². The van der Waals surface area contributed by atoms with Gasteiger partial charge >= 0.3 is 5.95 Å². The molecule has 2 heterocycles. The summed E-state index contributed by atoms with van der Waals surface area (Å²) >= 11 is 0. The molecule has 2 aromatic carbocycles. The van der Waals surface area contributed by atoms with Crippen molar-refractivity contribution < 1.29 is 9.84 Å². The second-order valence-corrected chi connectivity index (χ2v) is 7.82. The molecule has 0 fully saturated rings. The van der Waals surface area contributed by atoms with Crippen molar-refractivity contribution in [2.75, 3.05) is 6.61 Å². The Balaban J connectivity index is 2.02. The molecule has 4 rings (SSSR count). The number of rotatable bonds is 4. The van der Waals surface area contributed by atoms with Gasteiger partial charge in [0.05, 0.1) is 12.0 Å². The number of aliphatic hydroxyl groups excluding tert-OH is 1. The van der Waals surface area contributed by atoms with Crippen LogP contribution in [0.5, 0.6) is 0 Å². The summed E-state index contributed by atoms with van der Waals surface area (Å²) in [6.45, 7) is 2.09. The molecule has 0 aliphatic carbocycles. The molecule has 1 atom stereocenters. The standard InChI is InChI=1S/C21H19N3O2S/c1-2-26-21(25)18-19(22)24-20-16(23-18)13-17(14-9-5-3-6-10-14)27(20)15-11-7-4-8-12-15/h3-13,22-23,25H,2H2,1H3. The van der Waals surface area contributed by atoms with E-state index in [1.165, 1.54) is 0 Å². The second kappa shape index (κ2) is 7.25. The number of hydrogen-bond acceptors (Lipinski definition) is 4. The fourth-order valence-electron chi connectivity index (χ4n) is 2.98. The van der Waals surface area contributed by atoms with E-state index in [0.717, 1.165) is 25.7 Å². The molecule has 1 aliphatic heterocycles. The predicted octanol–water partition coefficient (Wildman–Crippen LogP) is 2.25. The first-order chi connectivity index (χ1) is 13.2. The first kappa shape index (κ1) is 17.3. The van der Waals surface area contributed by atoms with Gasteiger partial charge in [-0.05, 0) is 30.7 Å². The minimum atomic E-state index is -0.423. The molecule has 27 heavy (non-hydrogen) atoms. The summed E-state index contributed by atoms with van der Waals surface area (Å²) in [5.74, 6) is -0.307. The van der Waals surface area contributed by atoms with Gasteiger partial charge in [-0.2, -0.15) is 0 Å². The van der Waals surface area contributed by atoms with E-state index >= 15 is 0 Å². The summed E-state index contributed by atoms with van der Waals surface area (Å²) < 4.78 is 5.15. The van der Waals surface area contributed by atoms with Gasteiger partial charge in [-0.3, -0.25) is 5.41 Å². The molecule has 6 heteroatoms. The fourth-order valence-corrected chi connectivity index (χ4v) is 5.21. The lowest BCUT2D eigenvalue weighted by molar-refractivity contribution is 0.188. The summed E-state index contributed by atoms with van der Waals surface area (Å²) in [5, 5.41) is 20.1. The van der Waals surface area contributed by atoms with E-state index in [4.69, 9.17) is 10.1 Å². The minimum absolute atomic E-state index is 0.0316. The number of nitrogens with one attached hydrogen (secondary N) is 2. The highest BCUT2D eigenvalue weighted by atomic mass is 32.2. The third-order valence-corrected chi connectivity index (χ3v) is 6.40. The Kier molecular flexibility index (Phi) is 4.64. The Morgan fingerprint density at radius 2 is 1.78 bits per heavy atom. The smallest absolute Gasteiger partial charge is 0.305 e. The zero-order valence-electron chi connectivity index (χ0n) is 14.8. The van der Waals surface area contributed by atoms with Crippen molar-refractivity contribution in [1.82, 2.24) is 9.97 Å². The quantitative estimate of drug-likeness (QED) is 0.610. The van der Waals surface area contributed by atoms with Crippen molar-refractivity contribution >= 4 is 27.4 Å². The number of aromatic amines is 1. The summed E-state index contributed by atoms with van der Waals surface area (Å²) in [7, 11) is -0.423. The van der Waals surface area contributed by atoms with Gasteiger partial charge in [0.2, 0.25) is 0 Å². The van der Waals surface area contributed by atoms with E-state index in [1.54, 1.807) is 6.92 Å². The van der Waals surface area contributed by atoms with Gasteiger partial charge in [0.1, 0.15) is 5.03 Å². The molecule has 0 saturated carbocycles. The predicted molar refractivity (Wildman–Crippen MR) is 107 cm³/mol. The van der Waals surface area contributed by atoms with Gasteiger partial charge in [0.25, 0.3) is 0 Å². The SMILES string of the molecule is CCOC(O)=c1[nH]c2c(nc1=N)S(c1ccccc1)=C(c1ccccc1)C=2. The van der Waals surface area contributed by atoms with Crippen LogP contribution < -0.4 is 16.2 Å². The maximum absolute atomic E-state index is 10.1. The molecular formula is C21H19N3O2S. The highest BCUT2D eigenvalue weighted by Crippen LogP contribution is 2.37. The summed E-state index contributed by atoms with van der Waals surface area (Å²) in [4.78, 5) is 9.94. The van der Waals surface area contributed by atoms with Gasteiger partial charge in [0.15, 0.2) is 10.8 Å². The maximum Gasteiger partial charge on any atom is 0.305 e. The van der Waals surface area contributed by atoms with Crippen molar-refractivity contribution in [2.45, 2.75) is 16.8 Å². The van der Waals surface area contributed by atoms with Crippen molar-refractivity contribution in [3.8, 4) is 0 Å². The Bertz CT molecular complexity index is 1200. The molecule has 0 amide bonds. The van der Waals surface area contributed by atoms with Gasteiger partial charge in [-0.1, -0.05) is 59.0 Å². The van der Waals surface area contributed by atoms with Crippen LogP contribution in [0.15, 0.2) is 70.6 Å². The average Bonchev–Trinajstić information content (AvgIpc) is 3.07. The molecule has 3 aromatic rings. The van der Waals surface area contributed by atoms with Gasteiger partial charge in [0, 0.05) is 9.76 Å². The lowest BCUT2D eigenvalue weighted by Crippen LogP contribution is -2.39. The van der Waals surface area contributed by atoms with Crippen LogP contribution in [0.2, 0.25) is 0 Å². The normalized spacial score (nSPS) is 16.5. The second-order valence-electron chi connectivity index (χ2n) is 5.91. The number of aromatic nitrogens is 2. The summed E-state index contributed by atoms with van der Waals surface area (Å²) in [6.07, 6.45) is 2.05. The molecule has 136 valence electrons. The molecule has 0 bridgehead atoms. The summed E-state index contributed by atoms with van der Waals surface area (Å²) in [6, 6.07) is 20.3. The minimum Gasteiger partial charge on any atom is -0.479 e. The maximum atomic E-state index is 10.1. The Morgan fingerprint density at radius 1 is 1.11 bits per heavy atom. The molecule has 0 spiro atoms. The highest BCUT2D eigenvalue weighted by Gasteiger charge is 2.20. The van der Waals surface area contributed by atoms with Crippen molar-refractivity contribution in [2.24, 2.45) is 0 Å². The highest BCUT2D eigenvalue weighted by molar-refractivity contribution is 8.17. The van der Waals surface area contributed by atoms with Crippen molar-refractivity contribution in [3.63, 3.8) is 0 Å². The van der Waals surface area contributed by atoms with Crippen LogP contribution >= 0.6 is 10.5 Å². The van der Waals surface area contributed by atoms with Crippen molar-refractivity contribution in [1.29, 1.82) is 5.41 Å².